The van der Waals surface area contributed by atoms with E-state index in [1.54, 1.807) is 4.68 Å². The van der Waals surface area contributed by atoms with Crippen molar-refractivity contribution in [2.24, 2.45) is 7.05 Å². The molecule has 2 rings (SSSR count). The zero-order valence-electron chi connectivity index (χ0n) is 12.7. The number of aryl methyl sites for hydroxylation is 2. The second kappa shape index (κ2) is 5.95. The minimum Gasteiger partial charge on any atom is -0.337 e. The van der Waals surface area contributed by atoms with Gasteiger partial charge in [0, 0.05) is 25.7 Å². The monoisotopic (exact) mass is 329 g/mol. The van der Waals surface area contributed by atoms with E-state index in [-0.39, 0.29) is 13.1 Å². The summed E-state index contributed by atoms with van der Waals surface area (Å²) in [5.74, 6) is 0. The largest absolute Gasteiger partial charge is 0.341 e. The van der Waals surface area contributed by atoms with Gasteiger partial charge in [0.25, 0.3) is 0 Å². The number of carbonyl (C=O) groups excluding carboxylic acids is 2. The second-order valence-corrected chi connectivity index (χ2v) is 7.06. The Morgan fingerprint density at radius 3 is 2.59 bits per heavy atom. The lowest BCUT2D eigenvalue weighted by molar-refractivity contribution is 0.194. The van der Waals surface area contributed by atoms with Gasteiger partial charge in [0.1, 0.15) is 0 Å². The van der Waals surface area contributed by atoms with E-state index in [9.17, 15) is 18.0 Å². The summed E-state index contributed by atoms with van der Waals surface area (Å²) in [4.78, 5) is 24.7. The first kappa shape index (κ1) is 16.3. The maximum atomic E-state index is 11.9. The molecule has 1 N–H and O–H groups in total. The quantitative estimate of drug-likeness (QED) is 0.815. The zero-order valence-corrected chi connectivity index (χ0v) is 13.6. The third-order valence-corrected chi connectivity index (χ3v) is 4.58. The van der Waals surface area contributed by atoms with Gasteiger partial charge in [-0.15, -0.1) is 0 Å². The average molecular weight is 329 g/mol. The molecule has 0 atom stereocenters. The highest BCUT2D eigenvalue weighted by Gasteiger charge is 2.37. The number of amides is 4. The number of hydrogen-bond acceptors (Lipinski definition) is 5. The highest BCUT2D eigenvalue weighted by molar-refractivity contribution is 7.88. The molecule has 0 aromatic carbocycles. The molecular formula is C12H19N5O4S. The molecule has 1 aromatic rings. The lowest BCUT2D eigenvalue weighted by Crippen LogP contribution is -2.44. The van der Waals surface area contributed by atoms with E-state index in [1.165, 1.54) is 0 Å². The molecule has 1 aliphatic rings. The van der Waals surface area contributed by atoms with Gasteiger partial charge in [-0.1, -0.05) is 0 Å². The van der Waals surface area contributed by atoms with Crippen LogP contribution >= 0.6 is 0 Å². The van der Waals surface area contributed by atoms with Crippen molar-refractivity contribution in [2.75, 3.05) is 25.9 Å². The molecule has 122 valence electrons. The van der Waals surface area contributed by atoms with Gasteiger partial charge in [-0.3, -0.25) is 4.68 Å². The van der Waals surface area contributed by atoms with Crippen LogP contribution < -0.4 is 5.32 Å². The van der Waals surface area contributed by atoms with E-state index in [0.717, 1.165) is 22.5 Å². The van der Waals surface area contributed by atoms with Crippen LogP contribution in [0.2, 0.25) is 0 Å². The van der Waals surface area contributed by atoms with Gasteiger partial charge in [-0.05, 0) is 13.0 Å². The molecule has 0 aliphatic carbocycles. The number of aromatic nitrogens is 2. The Morgan fingerprint density at radius 1 is 1.41 bits per heavy atom. The molecule has 1 saturated heterocycles. The van der Waals surface area contributed by atoms with Gasteiger partial charge in [0.05, 0.1) is 25.0 Å². The lowest BCUT2D eigenvalue weighted by atomic mass is 10.3. The summed E-state index contributed by atoms with van der Waals surface area (Å²) in [7, 11) is -1.80. The molecule has 4 amide bonds. The van der Waals surface area contributed by atoms with E-state index in [0.29, 0.717) is 17.3 Å². The van der Waals surface area contributed by atoms with Crippen LogP contribution in [0.1, 0.15) is 11.4 Å². The maximum Gasteiger partial charge on any atom is 0.341 e. The van der Waals surface area contributed by atoms with Gasteiger partial charge in [0.15, 0.2) is 0 Å². The average Bonchev–Trinajstić information content (AvgIpc) is 2.93. The van der Waals surface area contributed by atoms with E-state index < -0.39 is 22.1 Å². The standard InChI is InChI=1S/C12H19N5O4S/c1-9-8-10(14-15(9)2)4-5-13-11(18)16-6-7-17(12(16)19)22(3,20)21/h8H,4-7H2,1-3H3,(H,13,18). The molecule has 22 heavy (non-hydrogen) atoms. The Kier molecular flexibility index (Phi) is 4.40. The lowest BCUT2D eigenvalue weighted by Gasteiger charge is -2.16. The Hall–Kier alpha value is -2.10. The number of urea groups is 2. The molecule has 2 heterocycles. The normalized spacial score (nSPS) is 15.5. The third-order valence-electron chi connectivity index (χ3n) is 3.44. The Labute approximate surface area is 128 Å². The predicted molar refractivity (Wildman–Crippen MR) is 78.7 cm³/mol. The van der Waals surface area contributed by atoms with E-state index in [4.69, 9.17) is 0 Å². The van der Waals surface area contributed by atoms with Crippen molar-refractivity contribution in [1.29, 1.82) is 0 Å². The summed E-state index contributed by atoms with van der Waals surface area (Å²) in [6.07, 6.45) is 1.47. The first-order valence-electron chi connectivity index (χ1n) is 6.76. The fourth-order valence-electron chi connectivity index (χ4n) is 2.16. The smallest absolute Gasteiger partial charge is 0.337 e. The predicted octanol–water partition coefficient (Wildman–Crippen LogP) is -0.322. The van der Waals surface area contributed by atoms with Crippen LogP contribution in [0, 0.1) is 6.92 Å². The first-order valence-corrected chi connectivity index (χ1v) is 8.61. The van der Waals surface area contributed by atoms with Gasteiger partial charge < -0.3 is 5.32 Å². The van der Waals surface area contributed by atoms with Crippen LogP contribution in [0.5, 0.6) is 0 Å². The topological polar surface area (TPSA) is 105 Å². The number of imide groups is 1. The number of sulfonamides is 1. The zero-order chi connectivity index (χ0) is 16.5. The molecule has 9 nitrogen and oxygen atoms in total. The van der Waals surface area contributed by atoms with Gasteiger partial charge in [-0.2, -0.15) is 5.10 Å². The Morgan fingerprint density at radius 2 is 2.09 bits per heavy atom. The number of nitrogens with zero attached hydrogens (tertiary/aromatic N) is 4. The van der Waals surface area contributed by atoms with E-state index in [1.807, 2.05) is 20.0 Å². The van der Waals surface area contributed by atoms with Crippen molar-refractivity contribution in [3.8, 4) is 0 Å². The van der Waals surface area contributed by atoms with Crippen LogP contribution in [0.3, 0.4) is 0 Å². The minimum atomic E-state index is -3.63. The van der Waals surface area contributed by atoms with Gasteiger partial charge in [0.2, 0.25) is 10.0 Å². The fourth-order valence-corrected chi connectivity index (χ4v) is 2.96. The van der Waals surface area contributed by atoms with Crippen molar-refractivity contribution in [1.82, 2.24) is 24.3 Å². The number of hydrogen-bond donors (Lipinski definition) is 1. The summed E-state index contributed by atoms with van der Waals surface area (Å²) in [5.41, 5.74) is 1.85. The van der Waals surface area contributed by atoms with Crippen molar-refractivity contribution < 1.29 is 18.0 Å². The molecule has 0 spiro atoms. The Bertz CT molecular complexity index is 677. The summed E-state index contributed by atoms with van der Waals surface area (Å²) < 4.78 is 25.2. The van der Waals surface area contributed by atoms with Crippen molar-refractivity contribution in [2.45, 2.75) is 13.3 Å². The summed E-state index contributed by atoms with van der Waals surface area (Å²) in [6, 6.07) is 0.510. The fraction of sp³-hybridized carbons (Fsp3) is 0.583. The number of carbonyl (C=O) groups is 2. The maximum absolute atomic E-state index is 11.9. The molecule has 10 heteroatoms. The minimum absolute atomic E-state index is 0.00940. The highest BCUT2D eigenvalue weighted by Crippen LogP contribution is 2.12. The summed E-state index contributed by atoms with van der Waals surface area (Å²) in [6.45, 7) is 2.29. The van der Waals surface area contributed by atoms with Crippen LogP contribution in [0.4, 0.5) is 9.59 Å². The first-order chi connectivity index (χ1) is 10.2. The second-order valence-electron chi connectivity index (χ2n) is 5.15. The van der Waals surface area contributed by atoms with Crippen molar-refractivity contribution in [3.63, 3.8) is 0 Å². The molecule has 0 saturated carbocycles. The molecule has 1 fully saturated rings. The summed E-state index contributed by atoms with van der Waals surface area (Å²) in [5, 5.41) is 6.86. The number of rotatable bonds is 4. The van der Waals surface area contributed by atoms with Gasteiger partial charge in [-0.25, -0.2) is 27.2 Å². The van der Waals surface area contributed by atoms with Gasteiger partial charge >= 0.3 is 12.1 Å². The molecule has 0 bridgehead atoms. The molecule has 1 aromatic heterocycles. The third kappa shape index (κ3) is 3.38. The van der Waals surface area contributed by atoms with E-state index >= 15 is 0 Å². The van der Waals surface area contributed by atoms with E-state index in [2.05, 4.69) is 10.4 Å². The van der Waals surface area contributed by atoms with Crippen molar-refractivity contribution >= 4 is 22.1 Å². The van der Waals surface area contributed by atoms with Crippen LogP contribution in [0.25, 0.3) is 0 Å². The van der Waals surface area contributed by atoms with Crippen LogP contribution in [0.15, 0.2) is 6.07 Å². The molecule has 0 unspecified atom stereocenters. The van der Waals surface area contributed by atoms with Crippen molar-refractivity contribution in [3.05, 3.63) is 17.5 Å². The van der Waals surface area contributed by atoms with Crippen LogP contribution in [-0.4, -0.2) is 65.4 Å². The number of nitrogens with one attached hydrogen (secondary N) is 1. The summed E-state index contributed by atoms with van der Waals surface area (Å²) >= 11 is 0. The molecular weight excluding hydrogens is 310 g/mol. The van der Waals surface area contributed by atoms with Crippen LogP contribution in [-0.2, 0) is 23.5 Å². The highest BCUT2D eigenvalue weighted by atomic mass is 32.2. The molecule has 1 aliphatic heterocycles. The Balaban J connectivity index is 1.87. The SMILES string of the molecule is Cc1cc(CCNC(=O)N2CCN(S(C)(=O)=O)C2=O)nn1C. The molecule has 0 radical (unpaired) electrons.